The number of aliphatic imine (C=N–C) groups is 1. The normalized spacial score (nSPS) is 11.2. The van der Waals surface area contributed by atoms with E-state index in [1.165, 1.54) is 6.92 Å². The Balaban J connectivity index is 2.02. The van der Waals surface area contributed by atoms with Gasteiger partial charge in [0.1, 0.15) is 5.75 Å². The van der Waals surface area contributed by atoms with Crippen molar-refractivity contribution >= 4 is 57.5 Å². The number of carbonyl (C=O) groups excluding carboxylic acids is 1. The first kappa shape index (κ1) is 17.3. The number of phenolic OH excluding ortho intramolecular Hbond substituents is 1. The number of nitrogens with one attached hydrogen (secondary N) is 1. The van der Waals surface area contributed by atoms with E-state index in [0.717, 1.165) is 10.8 Å². The Morgan fingerprint density at radius 3 is 2.64 bits per heavy atom. The topological polar surface area (TPSA) is 61.7 Å². The van der Waals surface area contributed by atoms with Crippen LogP contribution in [0.4, 0.5) is 11.4 Å². The fourth-order valence-electron chi connectivity index (χ4n) is 2.47. The Labute approximate surface area is 154 Å². The molecule has 0 bridgehead atoms. The Kier molecular flexibility index (Phi) is 4.93. The van der Waals surface area contributed by atoms with Gasteiger partial charge < -0.3 is 10.4 Å². The second-order valence-corrected chi connectivity index (χ2v) is 6.26. The number of anilines is 1. The van der Waals surface area contributed by atoms with Gasteiger partial charge in [-0.1, -0.05) is 53.5 Å². The number of benzene rings is 3. The zero-order valence-electron chi connectivity index (χ0n) is 13.3. The molecule has 6 heteroatoms. The lowest BCUT2D eigenvalue weighted by atomic mass is 10.0. The highest BCUT2D eigenvalue weighted by Gasteiger charge is 2.09. The fourth-order valence-corrected chi connectivity index (χ4v) is 2.89. The summed E-state index contributed by atoms with van der Waals surface area (Å²) in [5, 5.41) is 15.3. The van der Waals surface area contributed by atoms with Gasteiger partial charge in [0.2, 0.25) is 5.91 Å². The van der Waals surface area contributed by atoms with E-state index in [0.29, 0.717) is 27.0 Å². The van der Waals surface area contributed by atoms with Crippen molar-refractivity contribution in [2.24, 2.45) is 4.99 Å². The van der Waals surface area contributed by atoms with Gasteiger partial charge in [0, 0.05) is 18.7 Å². The largest absolute Gasteiger partial charge is 0.507 e. The molecule has 0 fully saturated rings. The second kappa shape index (κ2) is 7.13. The summed E-state index contributed by atoms with van der Waals surface area (Å²) in [7, 11) is 0. The summed E-state index contributed by atoms with van der Waals surface area (Å²) >= 11 is 12.4. The van der Waals surface area contributed by atoms with Crippen LogP contribution >= 0.6 is 23.2 Å². The lowest BCUT2D eigenvalue weighted by Gasteiger charge is -2.08. The van der Waals surface area contributed by atoms with Crippen molar-refractivity contribution in [2.75, 3.05) is 5.32 Å². The van der Waals surface area contributed by atoms with Crippen molar-refractivity contribution in [3.8, 4) is 5.75 Å². The van der Waals surface area contributed by atoms with Crippen molar-refractivity contribution < 1.29 is 9.90 Å². The standard InChI is InChI=1S/C19H14Cl2N2O2/c1-11(24)23-18-9-15(20)17(8-16(18)21)22-10-14-13-5-3-2-4-12(13)6-7-19(14)25/h2-10,25H,1H3,(H,23,24). The van der Waals surface area contributed by atoms with Crippen LogP contribution in [0, 0.1) is 0 Å². The Bertz CT molecular complexity index is 1000. The molecule has 0 aliphatic heterocycles. The van der Waals surface area contributed by atoms with Crippen LogP contribution in [0.3, 0.4) is 0 Å². The summed E-state index contributed by atoms with van der Waals surface area (Å²) in [5.41, 5.74) is 1.45. The highest BCUT2D eigenvalue weighted by molar-refractivity contribution is 6.37. The highest BCUT2D eigenvalue weighted by Crippen LogP contribution is 2.35. The number of nitrogens with zero attached hydrogens (tertiary/aromatic N) is 1. The third kappa shape index (κ3) is 3.76. The molecule has 1 amide bonds. The number of amides is 1. The van der Waals surface area contributed by atoms with Gasteiger partial charge in [0.05, 0.1) is 21.4 Å². The van der Waals surface area contributed by atoms with Crippen molar-refractivity contribution in [2.45, 2.75) is 6.92 Å². The van der Waals surface area contributed by atoms with Crippen LogP contribution in [0.15, 0.2) is 53.5 Å². The van der Waals surface area contributed by atoms with Crippen LogP contribution < -0.4 is 5.32 Å². The van der Waals surface area contributed by atoms with Gasteiger partial charge in [0.15, 0.2) is 0 Å². The molecule has 0 radical (unpaired) electrons. The van der Waals surface area contributed by atoms with Gasteiger partial charge in [-0.15, -0.1) is 0 Å². The van der Waals surface area contributed by atoms with Gasteiger partial charge in [-0.3, -0.25) is 9.79 Å². The third-order valence-electron chi connectivity index (χ3n) is 3.63. The average Bonchev–Trinajstić information content (AvgIpc) is 2.57. The van der Waals surface area contributed by atoms with E-state index in [-0.39, 0.29) is 11.7 Å². The fraction of sp³-hybridized carbons (Fsp3) is 0.0526. The Morgan fingerprint density at radius 2 is 1.88 bits per heavy atom. The molecule has 4 nitrogen and oxygen atoms in total. The SMILES string of the molecule is CC(=O)Nc1cc(Cl)c(N=Cc2c(O)ccc3ccccc23)cc1Cl. The van der Waals surface area contributed by atoms with Crippen molar-refractivity contribution in [3.05, 3.63) is 64.1 Å². The number of fused-ring (bicyclic) bond motifs is 1. The number of carbonyl (C=O) groups is 1. The number of phenols is 1. The molecule has 3 rings (SSSR count). The molecule has 2 N–H and O–H groups in total. The quantitative estimate of drug-likeness (QED) is 0.591. The van der Waals surface area contributed by atoms with Crippen LogP contribution in [0.2, 0.25) is 10.0 Å². The molecule has 0 heterocycles. The molecule has 0 aliphatic rings. The van der Waals surface area contributed by atoms with E-state index >= 15 is 0 Å². The molecule has 3 aromatic rings. The van der Waals surface area contributed by atoms with Gasteiger partial charge in [-0.2, -0.15) is 0 Å². The Morgan fingerprint density at radius 1 is 1.12 bits per heavy atom. The van der Waals surface area contributed by atoms with Gasteiger partial charge >= 0.3 is 0 Å². The molecule has 0 aromatic heterocycles. The maximum absolute atomic E-state index is 11.2. The lowest BCUT2D eigenvalue weighted by Crippen LogP contribution is -2.06. The van der Waals surface area contributed by atoms with Crippen LogP contribution in [0.25, 0.3) is 10.8 Å². The molecule has 0 atom stereocenters. The summed E-state index contributed by atoms with van der Waals surface area (Å²) in [4.78, 5) is 15.5. The van der Waals surface area contributed by atoms with Crippen molar-refractivity contribution in [3.63, 3.8) is 0 Å². The zero-order chi connectivity index (χ0) is 18.0. The molecule has 0 saturated heterocycles. The number of hydrogen-bond donors (Lipinski definition) is 2. The molecule has 0 unspecified atom stereocenters. The summed E-state index contributed by atoms with van der Waals surface area (Å²) < 4.78 is 0. The minimum Gasteiger partial charge on any atom is -0.507 e. The smallest absolute Gasteiger partial charge is 0.221 e. The maximum atomic E-state index is 11.2. The van der Waals surface area contributed by atoms with Crippen molar-refractivity contribution in [1.82, 2.24) is 0 Å². The third-order valence-corrected chi connectivity index (χ3v) is 4.24. The first-order valence-corrected chi connectivity index (χ1v) is 8.22. The van der Waals surface area contributed by atoms with E-state index < -0.39 is 0 Å². The van der Waals surface area contributed by atoms with E-state index in [1.54, 1.807) is 24.4 Å². The molecular formula is C19H14Cl2N2O2. The molecule has 3 aromatic carbocycles. The molecule has 0 saturated carbocycles. The van der Waals surface area contributed by atoms with Gasteiger partial charge in [-0.25, -0.2) is 0 Å². The van der Waals surface area contributed by atoms with Crippen LogP contribution in [0.1, 0.15) is 12.5 Å². The molecule has 25 heavy (non-hydrogen) atoms. The average molecular weight is 373 g/mol. The zero-order valence-corrected chi connectivity index (χ0v) is 14.8. The first-order chi connectivity index (χ1) is 12.0. The second-order valence-electron chi connectivity index (χ2n) is 5.44. The minimum absolute atomic E-state index is 0.125. The number of aromatic hydroxyl groups is 1. The van der Waals surface area contributed by atoms with Crippen molar-refractivity contribution in [1.29, 1.82) is 0 Å². The van der Waals surface area contributed by atoms with E-state index in [9.17, 15) is 9.90 Å². The molecule has 0 aliphatic carbocycles. The lowest BCUT2D eigenvalue weighted by molar-refractivity contribution is -0.114. The number of rotatable bonds is 3. The minimum atomic E-state index is -0.241. The molecular weight excluding hydrogens is 359 g/mol. The Hall–Kier alpha value is -2.56. The summed E-state index contributed by atoms with van der Waals surface area (Å²) in [6, 6.07) is 14.3. The predicted molar refractivity (Wildman–Crippen MR) is 104 cm³/mol. The monoisotopic (exact) mass is 372 g/mol. The van der Waals surface area contributed by atoms with E-state index in [4.69, 9.17) is 23.2 Å². The summed E-state index contributed by atoms with van der Waals surface area (Å²) in [6.45, 7) is 1.39. The maximum Gasteiger partial charge on any atom is 0.221 e. The molecule has 0 spiro atoms. The van der Waals surface area contributed by atoms with Crippen LogP contribution in [0.5, 0.6) is 5.75 Å². The van der Waals surface area contributed by atoms with Gasteiger partial charge in [0.25, 0.3) is 0 Å². The van der Waals surface area contributed by atoms with E-state index in [2.05, 4.69) is 10.3 Å². The first-order valence-electron chi connectivity index (χ1n) is 7.47. The number of halogens is 2. The predicted octanol–water partition coefficient (Wildman–Crippen LogP) is 5.56. The van der Waals surface area contributed by atoms with E-state index in [1.807, 2.05) is 30.3 Å². The molecule has 126 valence electrons. The van der Waals surface area contributed by atoms with Crippen LogP contribution in [-0.2, 0) is 4.79 Å². The highest BCUT2D eigenvalue weighted by atomic mass is 35.5. The summed E-state index contributed by atoms with van der Waals surface area (Å²) in [5.74, 6) is -0.116. The summed E-state index contributed by atoms with van der Waals surface area (Å²) in [6.07, 6.45) is 1.55. The van der Waals surface area contributed by atoms with Crippen LogP contribution in [-0.4, -0.2) is 17.2 Å². The number of hydrogen-bond acceptors (Lipinski definition) is 3. The van der Waals surface area contributed by atoms with Gasteiger partial charge in [-0.05, 0) is 29.0 Å².